The molecule has 0 saturated heterocycles. The van der Waals surface area contributed by atoms with Gasteiger partial charge in [-0.05, 0) is 49.7 Å². The fraction of sp³-hybridized carbons (Fsp3) is 0.294. The third-order valence-corrected chi connectivity index (χ3v) is 3.07. The lowest BCUT2D eigenvalue weighted by molar-refractivity contribution is 0.0600. The van der Waals surface area contributed by atoms with Gasteiger partial charge in [0.25, 0.3) is 0 Å². The van der Waals surface area contributed by atoms with Crippen LogP contribution >= 0.6 is 0 Å². The predicted octanol–water partition coefficient (Wildman–Crippen LogP) is 3.06. The third-order valence-electron chi connectivity index (χ3n) is 3.07. The molecule has 22 heavy (non-hydrogen) atoms. The molecule has 2 rings (SSSR count). The Morgan fingerprint density at radius 2 is 2.00 bits per heavy atom. The number of ether oxygens (including phenoxy) is 2. The summed E-state index contributed by atoms with van der Waals surface area (Å²) in [5.41, 5.74) is 2.44. The van der Waals surface area contributed by atoms with E-state index >= 15 is 0 Å². The zero-order chi connectivity index (χ0) is 15.9. The maximum atomic E-state index is 11.6. The first-order valence-corrected chi connectivity index (χ1v) is 7.08. The van der Waals surface area contributed by atoms with Crippen molar-refractivity contribution in [2.24, 2.45) is 0 Å². The quantitative estimate of drug-likeness (QED) is 0.831. The van der Waals surface area contributed by atoms with Crippen molar-refractivity contribution in [2.75, 3.05) is 19.0 Å². The lowest BCUT2D eigenvalue weighted by Gasteiger charge is -2.16. The molecule has 1 atom stereocenters. The van der Waals surface area contributed by atoms with Crippen LogP contribution in [0.4, 0.5) is 5.69 Å². The summed E-state index contributed by atoms with van der Waals surface area (Å²) in [6, 6.07) is 9.28. The van der Waals surface area contributed by atoms with E-state index in [0.717, 1.165) is 11.3 Å². The number of methoxy groups -OCH3 is 1. The molecule has 0 amide bonds. The molecule has 1 aromatic heterocycles. The molecule has 0 saturated carbocycles. The maximum Gasteiger partial charge on any atom is 0.337 e. The van der Waals surface area contributed by atoms with Crippen LogP contribution in [0.25, 0.3) is 0 Å². The largest absolute Gasteiger partial charge is 0.491 e. The molecular weight excluding hydrogens is 280 g/mol. The first kappa shape index (κ1) is 15.8. The van der Waals surface area contributed by atoms with Gasteiger partial charge >= 0.3 is 5.97 Å². The molecule has 1 aromatic carbocycles. The van der Waals surface area contributed by atoms with E-state index in [1.807, 2.05) is 32.0 Å². The Morgan fingerprint density at radius 1 is 1.27 bits per heavy atom. The van der Waals surface area contributed by atoms with Crippen LogP contribution in [-0.2, 0) is 4.74 Å². The van der Waals surface area contributed by atoms with Gasteiger partial charge in [-0.3, -0.25) is 4.98 Å². The van der Waals surface area contributed by atoms with Crippen molar-refractivity contribution in [3.63, 3.8) is 0 Å². The van der Waals surface area contributed by atoms with E-state index in [1.54, 1.807) is 24.5 Å². The fourth-order valence-corrected chi connectivity index (χ4v) is 2.06. The third kappa shape index (κ3) is 4.48. The maximum absolute atomic E-state index is 11.6. The highest BCUT2D eigenvalue weighted by molar-refractivity contribution is 5.90. The van der Waals surface area contributed by atoms with Gasteiger partial charge in [0, 0.05) is 18.1 Å². The molecule has 0 fully saturated rings. The molecule has 1 N–H and O–H groups in total. The summed E-state index contributed by atoms with van der Waals surface area (Å²) >= 11 is 0. The van der Waals surface area contributed by atoms with Crippen LogP contribution in [0.3, 0.4) is 0 Å². The van der Waals surface area contributed by atoms with E-state index in [4.69, 9.17) is 9.47 Å². The van der Waals surface area contributed by atoms with Gasteiger partial charge < -0.3 is 14.8 Å². The Labute approximate surface area is 130 Å². The lowest BCUT2D eigenvalue weighted by Crippen LogP contribution is -2.23. The highest BCUT2D eigenvalue weighted by atomic mass is 16.5. The summed E-state index contributed by atoms with van der Waals surface area (Å²) in [6.45, 7) is 4.42. The zero-order valence-electron chi connectivity index (χ0n) is 13.0. The number of hydrogen-bond donors (Lipinski definition) is 1. The van der Waals surface area contributed by atoms with Crippen molar-refractivity contribution >= 4 is 11.7 Å². The molecule has 0 aliphatic heterocycles. The van der Waals surface area contributed by atoms with E-state index in [0.29, 0.717) is 17.9 Å². The molecule has 5 heteroatoms. The second-order valence-corrected chi connectivity index (χ2v) is 5.12. The first-order valence-electron chi connectivity index (χ1n) is 7.08. The van der Waals surface area contributed by atoms with Crippen molar-refractivity contribution in [1.82, 2.24) is 4.98 Å². The van der Waals surface area contributed by atoms with E-state index < -0.39 is 0 Å². The standard InChI is InChI=1S/C17H20N2O3/c1-12-8-14(17(20)21-3)10-16(9-12)22-11-13(2)19-15-4-6-18-7-5-15/h4-10,13H,11H2,1-3H3,(H,18,19)/t13-/m0/s1. The topological polar surface area (TPSA) is 60.5 Å². The van der Waals surface area contributed by atoms with Gasteiger partial charge in [-0.15, -0.1) is 0 Å². The minimum Gasteiger partial charge on any atom is -0.491 e. The minimum absolute atomic E-state index is 0.115. The Hall–Kier alpha value is -2.56. The van der Waals surface area contributed by atoms with Gasteiger partial charge in [0.1, 0.15) is 12.4 Å². The molecule has 0 radical (unpaired) electrons. The smallest absolute Gasteiger partial charge is 0.337 e. The van der Waals surface area contributed by atoms with Crippen LogP contribution in [0, 0.1) is 6.92 Å². The second kappa shape index (κ2) is 7.45. The number of rotatable bonds is 6. The summed E-state index contributed by atoms with van der Waals surface area (Å²) in [5, 5.41) is 3.32. The molecule has 0 unspecified atom stereocenters. The molecule has 2 aromatic rings. The Balaban J connectivity index is 1.96. The van der Waals surface area contributed by atoms with E-state index in [2.05, 4.69) is 10.3 Å². The van der Waals surface area contributed by atoms with Crippen LogP contribution in [0.2, 0.25) is 0 Å². The molecular formula is C17H20N2O3. The van der Waals surface area contributed by atoms with Crippen molar-refractivity contribution in [2.45, 2.75) is 19.9 Å². The van der Waals surface area contributed by atoms with Crippen LogP contribution in [0.15, 0.2) is 42.7 Å². The molecule has 116 valence electrons. The monoisotopic (exact) mass is 300 g/mol. The summed E-state index contributed by atoms with van der Waals surface area (Å²) in [7, 11) is 1.37. The van der Waals surface area contributed by atoms with Gasteiger partial charge in [0.05, 0.1) is 18.7 Å². The first-order chi connectivity index (χ1) is 10.6. The molecule has 0 spiro atoms. The number of aryl methyl sites for hydroxylation is 1. The van der Waals surface area contributed by atoms with E-state index in [-0.39, 0.29) is 12.0 Å². The number of nitrogens with zero attached hydrogens (tertiary/aromatic N) is 1. The van der Waals surface area contributed by atoms with Gasteiger partial charge in [0.2, 0.25) is 0 Å². The number of hydrogen-bond acceptors (Lipinski definition) is 5. The van der Waals surface area contributed by atoms with Crippen molar-refractivity contribution in [1.29, 1.82) is 0 Å². The highest BCUT2D eigenvalue weighted by Crippen LogP contribution is 2.18. The summed E-state index contributed by atoms with van der Waals surface area (Å²) in [6.07, 6.45) is 3.47. The van der Waals surface area contributed by atoms with Crippen molar-refractivity contribution in [3.05, 3.63) is 53.9 Å². The Kier molecular flexibility index (Phi) is 5.36. The van der Waals surface area contributed by atoms with E-state index in [9.17, 15) is 4.79 Å². The van der Waals surface area contributed by atoms with Gasteiger partial charge in [0.15, 0.2) is 0 Å². The van der Waals surface area contributed by atoms with Crippen LogP contribution in [0.1, 0.15) is 22.8 Å². The van der Waals surface area contributed by atoms with E-state index in [1.165, 1.54) is 7.11 Å². The molecule has 5 nitrogen and oxygen atoms in total. The minimum atomic E-state index is -0.364. The molecule has 0 bridgehead atoms. The number of carbonyl (C=O) groups excluding carboxylic acids is 1. The number of nitrogens with one attached hydrogen (secondary N) is 1. The molecule has 1 heterocycles. The normalized spacial score (nSPS) is 11.6. The second-order valence-electron chi connectivity index (χ2n) is 5.12. The highest BCUT2D eigenvalue weighted by Gasteiger charge is 2.09. The summed E-state index contributed by atoms with van der Waals surface area (Å²) < 4.78 is 10.5. The summed E-state index contributed by atoms with van der Waals surface area (Å²) in [4.78, 5) is 15.6. The molecule has 0 aliphatic carbocycles. The number of benzene rings is 1. The van der Waals surface area contributed by atoms with Gasteiger partial charge in [-0.1, -0.05) is 0 Å². The van der Waals surface area contributed by atoms with Crippen LogP contribution in [-0.4, -0.2) is 30.7 Å². The number of esters is 1. The number of carbonyl (C=O) groups is 1. The Morgan fingerprint density at radius 3 is 2.68 bits per heavy atom. The number of aromatic nitrogens is 1. The van der Waals surface area contributed by atoms with Gasteiger partial charge in [-0.25, -0.2) is 4.79 Å². The van der Waals surface area contributed by atoms with Crippen LogP contribution < -0.4 is 10.1 Å². The average molecular weight is 300 g/mol. The SMILES string of the molecule is COC(=O)c1cc(C)cc(OC[C@H](C)Nc2ccncc2)c1. The predicted molar refractivity (Wildman–Crippen MR) is 85.3 cm³/mol. The fourth-order valence-electron chi connectivity index (χ4n) is 2.06. The van der Waals surface area contributed by atoms with Gasteiger partial charge in [-0.2, -0.15) is 0 Å². The van der Waals surface area contributed by atoms with Crippen LogP contribution in [0.5, 0.6) is 5.75 Å². The Bertz CT molecular complexity index is 629. The lowest BCUT2D eigenvalue weighted by atomic mass is 10.1. The number of anilines is 1. The molecule has 0 aliphatic rings. The van der Waals surface area contributed by atoms with Crippen molar-refractivity contribution in [3.8, 4) is 5.75 Å². The number of pyridine rings is 1. The average Bonchev–Trinajstić information content (AvgIpc) is 2.52. The summed E-state index contributed by atoms with van der Waals surface area (Å²) in [5.74, 6) is 0.292. The van der Waals surface area contributed by atoms with Crippen molar-refractivity contribution < 1.29 is 14.3 Å². The zero-order valence-corrected chi connectivity index (χ0v) is 13.0.